The predicted octanol–water partition coefficient (Wildman–Crippen LogP) is 2.76. The van der Waals surface area contributed by atoms with Crippen molar-refractivity contribution in [1.29, 1.82) is 0 Å². The average molecular weight is 395 g/mol. The van der Waals surface area contributed by atoms with Gasteiger partial charge < -0.3 is 15.4 Å². The molecule has 3 rings (SSSR count). The van der Waals surface area contributed by atoms with Crippen LogP contribution in [0.5, 0.6) is 0 Å². The number of nitrogens with zero attached hydrogens (tertiary/aromatic N) is 1. The van der Waals surface area contributed by atoms with E-state index in [2.05, 4.69) is 15.4 Å². The van der Waals surface area contributed by atoms with E-state index in [1.165, 1.54) is 7.11 Å². The molecule has 0 unspecified atom stereocenters. The zero-order valence-electron chi connectivity index (χ0n) is 16.4. The van der Waals surface area contributed by atoms with Gasteiger partial charge in [-0.05, 0) is 62.3 Å². The monoisotopic (exact) mass is 395 g/mol. The van der Waals surface area contributed by atoms with Gasteiger partial charge in [0.1, 0.15) is 0 Å². The Kier molecular flexibility index (Phi) is 6.97. The summed E-state index contributed by atoms with van der Waals surface area (Å²) in [7, 11) is 1.33. The number of nitrogens with one attached hydrogen (secondary N) is 2. The van der Waals surface area contributed by atoms with Gasteiger partial charge in [-0.15, -0.1) is 0 Å². The standard InChI is InChI=1S/C22H25N3O4/c1-29-22(28)17-7-9-19(10-8-17)23-20(26)15-25-13-11-16(12-14-25)21(27)24-18-5-3-2-4-6-18/h2-10,16H,11-15H2,1H3,(H,23,26)(H,24,27). The van der Waals surface area contributed by atoms with Crippen LogP contribution in [0, 0.1) is 5.92 Å². The van der Waals surface area contributed by atoms with E-state index in [1.54, 1.807) is 24.3 Å². The van der Waals surface area contributed by atoms with Crippen LogP contribution in [0.15, 0.2) is 54.6 Å². The van der Waals surface area contributed by atoms with Gasteiger partial charge in [0.05, 0.1) is 19.2 Å². The molecule has 0 aliphatic carbocycles. The number of methoxy groups -OCH3 is 1. The molecule has 2 aromatic rings. The Balaban J connectivity index is 1.42. The normalized spacial score (nSPS) is 14.8. The summed E-state index contributed by atoms with van der Waals surface area (Å²) in [5.41, 5.74) is 1.86. The van der Waals surface area contributed by atoms with E-state index < -0.39 is 5.97 Å². The topological polar surface area (TPSA) is 87.7 Å². The molecule has 1 fully saturated rings. The molecule has 1 aliphatic rings. The second-order valence-electron chi connectivity index (χ2n) is 7.02. The molecule has 7 nitrogen and oxygen atoms in total. The van der Waals surface area contributed by atoms with E-state index in [0.717, 1.165) is 18.5 Å². The van der Waals surface area contributed by atoms with E-state index >= 15 is 0 Å². The maximum Gasteiger partial charge on any atom is 0.337 e. The van der Waals surface area contributed by atoms with Crippen LogP contribution >= 0.6 is 0 Å². The van der Waals surface area contributed by atoms with Crippen molar-refractivity contribution in [2.24, 2.45) is 5.92 Å². The van der Waals surface area contributed by atoms with Crippen molar-refractivity contribution in [3.8, 4) is 0 Å². The Hall–Kier alpha value is -3.19. The second kappa shape index (κ2) is 9.84. The number of benzene rings is 2. The van der Waals surface area contributed by atoms with E-state index in [-0.39, 0.29) is 24.3 Å². The van der Waals surface area contributed by atoms with Crippen molar-refractivity contribution in [3.05, 3.63) is 60.2 Å². The fourth-order valence-electron chi connectivity index (χ4n) is 3.33. The molecule has 7 heteroatoms. The van der Waals surface area contributed by atoms with Crippen LogP contribution in [0.2, 0.25) is 0 Å². The van der Waals surface area contributed by atoms with Crippen molar-refractivity contribution in [2.75, 3.05) is 37.4 Å². The third kappa shape index (κ3) is 5.89. The molecule has 0 saturated carbocycles. The number of amides is 2. The number of carbonyl (C=O) groups is 3. The number of hydrogen-bond donors (Lipinski definition) is 2. The highest BCUT2D eigenvalue weighted by Crippen LogP contribution is 2.19. The first-order valence-electron chi connectivity index (χ1n) is 9.61. The maximum atomic E-state index is 12.4. The van der Waals surface area contributed by atoms with Crippen LogP contribution in [-0.2, 0) is 14.3 Å². The van der Waals surface area contributed by atoms with Crippen LogP contribution in [0.4, 0.5) is 11.4 Å². The van der Waals surface area contributed by atoms with Crippen molar-refractivity contribution in [1.82, 2.24) is 4.90 Å². The third-order valence-electron chi connectivity index (χ3n) is 4.96. The lowest BCUT2D eigenvalue weighted by molar-refractivity contribution is -0.121. The number of likely N-dealkylation sites (tertiary alicyclic amines) is 1. The Labute approximate surface area is 170 Å². The van der Waals surface area contributed by atoms with Crippen molar-refractivity contribution < 1.29 is 19.1 Å². The zero-order valence-corrected chi connectivity index (χ0v) is 16.4. The zero-order chi connectivity index (χ0) is 20.6. The highest BCUT2D eigenvalue weighted by molar-refractivity contribution is 5.94. The molecule has 1 heterocycles. The summed E-state index contributed by atoms with van der Waals surface area (Å²) >= 11 is 0. The van der Waals surface area contributed by atoms with E-state index in [0.29, 0.717) is 24.3 Å². The number of ether oxygens (including phenoxy) is 1. The second-order valence-corrected chi connectivity index (χ2v) is 7.02. The van der Waals surface area contributed by atoms with E-state index in [1.807, 2.05) is 35.2 Å². The van der Waals surface area contributed by atoms with Gasteiger partial charge in [0.2, 0.25) is 11.8 Å². The summed E-state index contributed by atoms with van der Waals surface area (Å²) in [6.45, 7) is 1.66. The fraction of sp³-hybridized carbons (Fsp3) is 0.318. The number of carbonyl (C=O) groups excluding carboxylic acids is 3. The predicted molar refractivity (Wildman–Crippen MR) is 111 cm³/mol. The van der Waals surface area contributed by atoms with Crippen LogP contribution < -0.4 is 10.6 Å². The molecule has 0 spiro atoms. The van der Waals surface area contributed by atoms with Crippen LogP contribution in [0.25, 0.3) is 0 Å². The minimum Gasteiger partial charge on any atom is -0.465 e. The number of esters is 1. The maximum absolute atomic E-state index is 12.4. The van der Waals surface area contributed by atoms with Gasteiger partial charge in [0.25, 0.3) is 0 Å². The lowest BCUT2D eigenvalue weighted by atomic mass is 9.96. The first-order chi connectivity index (χ1) is 14.0. The molecule has 0 radical (unpaired) electrons. The highest BCUT2D eigenvalue weighted by Gasteiger charge is 2.26. The first kappa shape index (κ1) is 20.5. The quantitative estimate of drug-likeness (QED) is 0.735. The Morgan fingerprint density at radius 1 is 0.931 bits per heavy atom. The smallest absolute Gasteiger partial charge is 0.337 e. The van der Waals surface area contributed by atoms with Gasteiger partial charge in [0, 0.05) is 17.3 Å². The summed E-state index contributed by atoms with van der Waals surface area (Å²) in [6, 6.07) is 16.0. The number of anilines is 2. The van der Waals surface area contributed by atoms with Gasteiger partial charge >= 0.3 is 5.97 Å². The van der Waals surface area contributed by atoms with Crippen molar-refractivity contribution >= 4 is 29.2 Å². The van der Waals surface area contributed by atoms with Gasteiger partial charge in [0.15, 0.2) is 0 Å². The Bertz CT molecular complexity index is 844. The fourth-order valence-corrected chi connectivity index (χ4v) is 3.33. The molecular formula is C22H25N3O4. The minimum absolute atomic E-state index is 0.0333. The van der Waals surface area contributed by atoms with Crippen molar-refractivity contribution in [3.63, 3.8) is 0 Å². The first-order valence-corrected chi connectivity index (χ1v) is 9.61. The molecule has 29 heavy (non-hydrogen) atoms. The summed E-state index contributed by atoms with van der Waals surface area (Å²) < 4.78 is 4.65. The summed E-state index contributed by atoms with van der Waals surface area (Å²) in [5.74, 6) is -0.545. The van der Waals surface area contributed by atoms with Gasteiger partial charge in [-0.3, -0.25) is 14.5 Å². The van der Waals surface area contributed by atoms with Crippen LogP contribution in [0.1, 0.15) is 23.2 Å². The number of para-hydroxylation sites is 1. The Morgan fingerprint density at radius 2 is 1.55 bits per heavy atom. The lowest BCUT2D eigenvalue weighted by Gasteiger charge is -2.30. The lowest BCUT2D eigenvalue weighted by Crippen LogP contribution is -2.41. The van der Waals surface area contributed by atoms with E-state index in [9.17, 15) is 14.4 Å². The summed E-state index contributed by atoms with van der Waals surface area (Å²) in [4.78, 5) is 38.2. The summed E-state index contributed by atoms with van der Waals surface area (Å²) in [5, 5.41) is 5.77. The number of piperidine rings is 1. The SMILES string of the molecule is COC(=O)c1ccc(NC(=O)CN2CCC(C(=O)Nc3ccccc3)CC2)cc1. The molecule has 1 aliphatic heterocycles. The van der Waals surface area contributed by atoms with Gasteiger partial charge in [-0.1, -0.05) is 18.2 Å². The average Bonchev–Trinajstić information content (AvgIpc) is 2.75. The highest BCUT2D eigenvalue weighted by atomic mass is 16.5. The largest absolute Gasteiger partial charge is 0.465 e. The molecule has 2 aromatic carbocycles. The van der Waals surface area contributed by atoms with Gasteiger partial charge in [-0.25, -0.2) is 4.79 Å². The molecule has 0 atom stereocenters. The molecule has 2 amide bonds. The molecule has 0 aromatic heterocycles. The van der Waals surface area contributed by atoms with Crippen molar-refractivity contribution in [2.45, 2.75) is 12.8 Å². The molecule has 1 saturated heterocycles. The number of rotatable bonds is 6. The van der Waals surface area contributed by atoms with Crippen LogP contribution in [-0.4, -0.2) is 49.4 Å². The molecule has 0 bridgehead atoms. The minimum atomic E-state index is -0.415. The van der Waals surface area contributed by atoms with Crippen LogP contribution in [0.3, 0.4) is 0 Å². The summed E-state index contributed by atoms with van der Waals surface area (Å²) in [6.07, 6.45) is 1.44. The Morgan fingerprint density at radius 3 is 2.17 bits per heavy atom. The molecule has 152 valence electrons. The van der Waals surface area contributed by atoms with Gasteiger partial charge in [-0.2, -0.15) is 0 Å². The molecular weight excluding hydrogens is 370 g/mol. The third-order valence-corrected chi connectivity index (χ3v) is 4.96. The number of hydrogen-bond acceptors (Lipinski definition) is 5. The molecule has 2 N–H and O–H groups in total. The van der Waals surface area contributed by atoms with E-state index in [4.69, 9.17) is 0 Å².